The quantitative estimate of drug-likeness (QED) is 0.181. The molecule has 2 aliphatic rings. The second-order valence-corrected chi connectivity index (χ2v) is 15.5. The molecule has 3 aromatic heterocycles. The van der Waals surface area contributed by atoms with Gasteiger partial charge in [-0.15, -0.1) is 11.3 Å². The molecule has 7 aromatic carbocycles. The van der Waals surface area contributed by atoms with Crippen molar-refractivity contribution in [2.24, 2.45) is 0 Å². The Kier molecular flexibility index (Phi) is 6.76. The number of benzene rings is 7. The monoisotopic (exact) mass is 732 g/mol. The minimum atomic E-state index is 0.861. The Balaban J connectivity index is 1.13. The van der Waals surface area contributed by atoms with Crippen LogP contribution in [0.4, 0.5) is 34.1 Å². The molecule has 0 aliphatic carbocycles. The summed E-state index contributed by atoms with van der Waals surface area (Å²) in [4.78, 5) is 10.0. The molecule has 4 nitrogen and oxygen atoms in total. The highest BCUT2D eigenvalue weighted by atomic mass is 32.1. The zero-order valence-electron chi connectivity index (χ0n) is 30.2. The molecule has 0 unspecified atom stereocenters. The third-order valence-corrected chi connectivity index (χ3v) is 12.4. The Morgan fingerprint density at radius 2 is 1.09 bits per heavy atom. The summed E-state index contributed by atoms with van der Waals surface area (Å²) >= 11 is 1.86. The predicted molar refractivity (Wildman–Crippen MR) is 237 cm³/mol. The molecule has 0 N–H and O–H groups in total. The lowest BCUT2D eigenvalue weighted by atomic mass is 9.98. The van der Waals surface area contributed by atoms with Crippen molar-refractivity contribution in [2.45, 2.75) is 0 Å². The van der Waals surface area contributed by atoms with Crippen molar-refractivity contribution in [1.82, 2.24) is 9.55 Å². The minimum Gasteiger partial charge on any atom is -0.309 e. The largest absolute Gasteiger partial charge is 0.309 e. The first-order valence-electron chi connectivity index (χ1n) is 19.0. The van der Waals surface area contributed by atoms with Crippen LogP contribution in [0.15, 0.2) is 182 Å². The van der Waals surface area contributed by atoms with Crippen molar-refractivity contribution < 1.29 is 0 Å². The number of nitrogens with zero attached hydrogens (tertiary/aromatic N) is 4. The maximum Gasteiger partial charge on any atom is 0.139 e. The lowest BCUT2D eigenvalue weighted by Crippen LogP contribution is -2.13. The first-order valence-corrected chi connectivity index (χ1v) is 19.8. The maximum atomic E-state index is 5.19. The van der Waals surface area contributed by atoms with Gasteiger partial charge in [-0.05, 0) is 71.8 Å². The average molecular weight is 733 g/mol. The molecule has 12 rings (SSSR count). The Morgan fingerprint density at radius 3 is 1.96 bits per heavy atom. The van der Waals surface area contributed by atoms with Crippen LogP contribution in [0.2, 0.25) is 0 Å². The normalized spacial score (nSPS) is 12.9. The Morgan fingerprint density at radius 1 is 0.429 bits per heavy atom. The summed E-state index contributed by atoms with van der Waals surface area (Å²) in [6.07, 6.45) is 6.49. The second kappa shape index (κ2) is 12.2. The second-order valence-electron chi connectivity index (χ2n) is 14.4. The lowest BCUT2D eigenvalue weighted by Gasteiger charge is -2.28. The zero-order valence-corrected chi connectivity index (χ0v) is 31.0. The molecule has 0 saturated carbocycles. The highest BCUT2D eigenvalue weighted by Crippen LogP contribution is 2.54. The van der Waals surface area contributed by atoms with E-state index in [0.717, 1.165) is 56.7 Å². The maximum absolute atomic E-state index is 5.19. The summed E-state index contributed by atoms with van der Waals surface area (Å²) in [5, 5.41) is 3.78. The van der Waals surface area contributed by atoms with Crippen molar-refractivity contribution >= 4 is 88.7 Å². The van der Waals surface area contributed by atoms with Gasteiger partial charge in [0.2, 0.25) is 0 Å². The van der Waals surface area contributed by atoms with Gasteiger partial charge in [0, 0.05) is 60.2 Å². The van der Waals surface area contributed by atoms with Crippen molar-refractivity contribution in [1.29, 1.82) is 0 Å². The fourth-order valence-corrected chi connectivity index (χ4v) is 10.1. The number of hydrogen-bond acceptors (Lipinski definition) is 4. The molecule has 0 saturated heterocycles. The van der Waals surface area contributed by atoms with Crippen LogP contribution in [0.5, 0.6) is 0 Å². The molecule has 10 aromatic rings. The molecule has 0 atom stereocenters. The van der Waals surface area contributed by atoms with Gasteiger partial charge in [-0.25, -0.2) is 4.98 Å². The molecule has 0 spiro atoms. The summed E-state index contributed by atoms with van der Waals surface area (Å²) in [5.74, 6) is 0.861. The van der Waals surface area contributed by atoms with Gasteiger partial charge < -0.3 is 9.80 Å². The molecule has 0 fully saturated rings. The highest BCUT2D eigenvalue weighted by molar-refractivity contribution is 7.25. The predicted octanol–water partition coefficient (Wildman–Crippen LogP) is 14.5. The summed E-state index contributed by atoms with van der Waals surface area (Å²) in [6, 6.07) is 63.7. The van der Waals surface area contributed by atoms with Gasteiger partial charge >= 0.3 is 0 Å². The first kappa shape index (κ1) is 31.2. The van der Waals surface area contributed by atoms with Gasteiger partial charge in [0.1, 0.15) is 5.82 Å². The topological polar surface area (TPSA) is 24.3 Å². The van der Waals surface area contributed by atoms with E-state index in [1.165, 1.54) is 47.8 Å². The standard InChI is InChI=1S/C51H32N4S/c1-2-15-35(16-3-1)53-43-22-10-5-18-38(43)50-39-19-6-11-23-44(39)55(51(50)40-20-7-12-24-45(40)53)49-31-36(28-29-52-49)54-42-21-9-4-14-33(42)26-27-34-30-41-37-17-8-13-25-47(37)56-48(41)32-46(34)54/h1-32H. The summed E-state index contributed by atoms with van der Waals surface area (Å²) < 4.78 is 4.96. The Labute approximate surface area is 328 Å². The van der Waals surface area contributed by atoms with Crippen LogP contribution in [0.3, 0.4) is 0 Å². The zero-order chi connectivity index (χ0) is 36.7. The van der Waals surface area contributed by atoms with Gasteiger partial charge in [-0.1, -0.05) is 121 Å². The van der Waals surface area contributed by atoms with E-state index in [-0.39, 0.29) is 0 Å². The van der Waals surface area contributed by atoms with Gasteiger partial charge in [-0.2, -0.15) is 0 Å². The lowest BCUT2D eigenvalue weighted by molar-refractivity contribution is 1.05. The Bertz CT molecular complexity index is 3230. The third-order valence-electron chi connectivity index (χ3n) is 11.3. The number of hydrogen-bond donors (Lipinski definition) is 0. The van der Waals surface area contributed by atoms with E-state index in [0.29, 0.717) is 0 Å². The first-order chi connectivity index (χ1) is 27.8. The van der Waals surface area contributed by atoms with Crippen LogP contribution in [-0.2, 0) is 0 Å². The number of fused-ring (bicyclic) bond motifs is 12. The number of para-hydroxylation sites is 5. The summed E-state index contributed by atoms with van der Waals surface area (Å²) in [5.41, 5.74) is 14.8. The molecular weight excluding hydrogens is 701 g/mol. The minimum absolute atomic E-state index is 0.861. The van der Waals surface area contributed by atoms with E-state index < -0.39 is 0 Å². The smallest absolute Gasteiger partial charge is 0.139 e. The van der Waals surface area contributed by atoms with Gasteiger partial charge in [0.25, 0.3) is 0 Å². The van der Waals surface area contributed by atoms with E-state index in [1.54, 1.807) is 0 Å². The van der Waals surface area contributed by atoms with E-state index >= 15 is 0 Å². The molecule has 2 aliphatic heterocycles. The van der Waals surface area contributed by atoms with E-state index in [9.17, 15) is 0 Å². The highest BCUT2D eigenvalue weighted by Gasteiger charge is 2.32. The SMILES string of the molecule is C1=Cc2cc3c(cc2N(c2ccnc(-n4c5c(c6ccccc64)-c4ccccc4N(c4ccccc4)c4ccccc4-5)c2)c2ccccc21)sc1ccccc13. The molecule has 56 heavy (non-hydrogen) atoms. The van der Waals surface area contributed by atoms with Crippen molar-refractivity contribution in [3.05, 3.63) is 193 Å². The van der Waals surface area contributed by atoms with E-state index in [4.69, 9.17) is 4.98 Å². The van der Waals surface area contributed by atoms with Gasteiger partial charge in [0.15, 0.2) is 0 Å². The average Bonchev–Trinajstić information content (AvgIpc) is 3.70. The third kappa shape index (κ3) is 4.55. The number of aromatic nitrogens is 2. The fraction of sp³-hybridized carbons (Fsp3) is 0. The molecule has 0 bridgehead atoms. The van der Waals surface area contributed by atoms with Crippen LogP contribution in [-0.4, -0.2) is 9.55 Å². The summed E-state index contributed by atoms with van der Waals surface area (Å²) in [7, 11) is 0. The van der Waals surface area contributed by atoms with Crippen LogP contribution < -0.4 is 9.80 Å². The fourth-order valence-electron chi connectivity index (χ4n) is 8.93. The number of pyridine rings is 1. The molecular formula is C51H32N4S. The van der Waals surface area contributed by atoms with E-state index in [1.807, 2.05) is 17.5 Å². The van der Waals surface area contributed by atoms with Gasteiger partial charge in [-0.3, -0.25) is 4.57 Å². The number of thiophene rings is 1. The Hall–Kier alpha value is -7.21. The van der Waals surface area contributed by atoms with Crippen LogP contribution in [0.1, 0.15) is 11.1 Å². The summed E-state index contributed by atoms with van der Waals surface area (Å²) in [6.45, 7) is 0. The van der Waals surface area contributed by atoms with Gasteiger partial charge in [0.05, 0.1) is 39.6 Å². The van der Waals surface area contributed by atoms with Crippen molar-refractivity contribution in [3.63, 3.8) is 0 Å². The molecule has 0 radical (unpaired) electrons. The molecule has 5 heteroatoms. The van der Waals surface area contributed by atoms with Crippen molar-refractivity contribution in [3.8, 4) is 28.2 Å². The van der Waals surface area contributed by atoms with Crippen LogP contribution in [0.25, 0.3) is 71.4 Å². The number of rotatable bonds is 3. The molecule has 5 heterocycles. The van der Waals surface area contributed by atoms with Crippen LogP contribution in [0, 0.1) is 0 Å². The molecule has 262 valence electrons. The molecule has 0 amide bonds. The van der Waals surface area contributed by atoms with Crippen LogP contribution >= 0.6 is 11.3 Å². The number of anilines is 6. The van der Waals surface area contributed by atoms with E-state index in [2.05, 4.69) is 202 Å². The van der Waals surface area contributed by atoms with Crippen molar-refractivity contribution in [2.75, 3.05) is 9.80 Å².